The molecule has 0 radical (unpaired) electrons. The number of anilines is 1. The van der Waals surface area contributed by atoms with Gasteiger partial charge in [0.15, 0.2) is 0 Å². The molecular formula is C17H21N3. The summed E-state index contributed by atoms with van der Waals surface area (Å²) in [6.07, 6.45) is 5.20. The van der Waals surface area contributed by atoms with E-state index in [0.717, 1.165) is 18.4 Å². The first-order valence-electron chi connectivity index (χ1n) is 7.24. The highest BCUT2D eigenvalue weighted by molar-refractivity contribution is 5.42. The van der Waals surface area contributed by atoms with Gasteiger partial charge in [-0.05, 0) is 49.4 Å². The Morgan fingerprint density at radius 2 is 2.00 bits per heavy atom. The Hall–Kier alpha value is -1.87. The lowest BCUT2D eigenvalue weighted by atomic mass is 9.78. The summed E-state index contributed by atoms with van der Waals surface area (Å²) in [5, 5.41) is 3.44. The second-order valence-corrected chi connectivity index (χ2v) is 5.52. The van der Waals surface area contributed by atoms with Crippen molar-refractivity contribution in [3.8, 4) is 0 Å². The molecule has 1 aliphatic rings. The largest absolute Gasteiger partial charge is 0.383 e. The van der Waals surface area contributed by atoms with Gasteiger partial charge in [-0.1, -0.05) is 30.3 Å². The van der Waals surface area contributed by atoms with E-state index in [2.05, 4.69) is 40.6 Å². The molecule has 3 rings (SSSR count). The zero-order valence-electron chi connectivity index (χ0n) is 11.8. The molecule has 2 unspecified atom stereocenters. The van der Waals surface area contributed by atoms with Crippen LogP contribution >= 0.6 is 0 Å². The van der Waals surface area contributed by atoms with E-state index in [9.17, 15) is 0 Å². The molecule has 104 valence electrons. The van der Waals surface area contributed by atoms with Gasteiger partial charge in [-0.2, -0.15) is 0 Å². The lowest BCUT2D eigenvalue weighted by molar-refractivity contribution is 0.342. The Bertz CT molecular complexity index is 594. The van der Waals surface area contributed by atoms with E-state index < -0.39 is 0 Å². The minimum Gasteiger partial charge on any atom is -0.383 e. The van der Waals surface area contributed by atoms with E-state index in [-0.39, 0.29) is 6.04 Å². The number of nitrogens with zero attached hydrogens (tertiary/aromatic N) is 1. The molecule has 1 aromatic carbocycles. The molecule has 0 amide bonds. The number of pyridine rings is 1. The zero-order valence-corrected chi connectivity index (χ0v) is 11.8. The molecule has 0 saturated carbocycles. The van der Waals surface area contributed by atoms with Gasteiger partial charge in [0, 0.05) is 17.8 Å². The molecular weight excluding hydrogens is 246 g/mol. The third-order valence-electron chi connectivity index (χ3n) is 4.37. The van der Waals surface area contributed by atoms with Crippen LogP contribution < -0.4 is 11.1 Å². The number of nitrogens with one attached hydrogen (secondary N) is 1. The Kier molecular flexibility index (Phi) is 3.70. The predicted octanol–water partition coefficient (Wildman–Crippen LogP) is 2.73. The van der Waals surface area contributed by atoms with Crippen LogP contribution in [0.25, 0.3) is 0 Å². The van der Waals surface area contributed by atoms with Crippen molar-refractivity contribution >= 4 is 5.82 Å². The molecule has 3 heteroatoms. The molecule has 0 aliphatic heterocycles. The van der Waals surface area contributed by atoms with Gasteiger partial charge in [0.2, 0.25) is 0 Å². The van der Waals surface area contributed by atoms with Crippen LogP contribution in [-0.4, -0.2) is 12.0 Å². The molecule has 3 N–H and O–H groups in total. The second-order valence-electron chi connectivity index (χ2n) is 5.52. The molecule has 1 aliphatic carbocycles. The average molecular weight is 267 g/mol. The number of rotatable bonds is 3. The fraction of sp³-hybridized carbons (Fsp3) is 0.353. The molecule has 2 atom stereocenters. The Balaban J connectivity index is 1.87. The van der Waals surface area contributed by atoms with E-state index in [1.165, 1.54) is 17.5 Å². The van der Waals surface area contributed by atoms with Gasteiger partial charge in [0.05, 0.1) is 0 Å². The van der Waals surface area contributed by atoms with E-state index in [4.69, 9.17) is 5.73 Å². The SMILES string of the molecule is CNC(c1cccnc1N)C1CCc2ccccc2C1. The third kappa shape index (κ3) is 2.41. The van der Waals surface area contributed by atoms with Gasteiger partial charge in [0.25, 0.3) is 0 Å². The summed E-state index contributed by atoms with van der Waals surface area (Å²) in [6, 6.07) is 13.1. The van der Waals surface area contributed by atoms with E-state index >= 15 is 0 Å². The molecule has 0 spiro atoms. The van der Waals surface area contributed by atoms with Gasteiger partial charge in [-0.25, -0.2) is 4.98 Å². The lowest BCUT2D eigenvalue weighted by Crippen LogP contribution is -2.30. The van der Waals surface area contributed by atoms with Crippen molar-refractivity contribution in [3.63, 3.8) is 0 Å². The molecule has 3 nitrogen and oxygen atoms in total. The van der Waals surface area contributed by atoms with Crippen LogP contribution in [0.2, 0.25) is 0 Å². The third-order valence-corrected chi connectivity index (χ3v) is 4.37. The Morgan fingerprint density at radius 1 is 1.20 bits per heavy atom. The monoisotopic (exact) mass is 267 g/mol. The van der Waals surface area contributed by atoms with Crippen LogP contribution in [0.4, 0.5) is 5.82 Å². The van der Waals surface area contributed by atoms with Crippen molar-refractivity contribution in [1.29, 1.82) is 0 Å². The zero-order chi connectivity index (χ0) is 13.9. The number of hydrogen-bond donors (Lipinski definition) is 2. The van der Waals surface area contributed by atoms with Gasteiger partial charge >= 0.3 is 0 Å². The molecule has 0 fully saturated rings. The second kappa shape index (κ2) is 5.63. The maximum absolute atomic E-state index is 6.05. The number of fused-ring (bicyclic) bond motifs is 1. The van der Waals surface area contributed by atoms with E-state index in [1.807, 2.05) is 13.1 Å². The molecule has 1 aromatic heterocycles. The van der Waals surface area contributed by atoms with Gasteiger partial charge in [0.1, 0.15) is 5.82 Å². The maximum atomic E-state index is 6.05. The van der Waals surface area contributed by atoms with Gasteiger partial charge in [-0.3, -0.25) is 0 Å². The summed E-state index contributed by atoms with van der Waals surface area (Å²) in [7, 11) is 2.01. The number of hydrogen-bond acceptors (Lipinski definition) is 3. The van der Waals surface area contributed by atoms with Crippen molar-refractivity contribution in [2.45, 2.75) is 25.3 Å². The normalized spacial score (nSPS) is 19.4. The van der Waals surface area contributed by atoms with Crippen molar-refractivity contribution in [2.24, 2.45) is 5.92 Å². The molecule has 1 heterocycles. The Labute approximate surface area is 120 Å². The minimum atomic E-state index is 0.275. The first-order chi connectivity index (χ1) is 9.79. The standard InChI is InChI=1S/C17H21N3/c1-19-16(15-7-4-10-20-17(15)18)14-9-8-12-5-2-3-6-13(12)11-14/h2-7,10,14,16,19H,8-9,11H2,1H3,(H2,18,20). The lowest BCUT2D eigenvalue weighted by Gasteiger charge is -2.32. The summed E-state index contributed by atoms with van der Waals surface area (Å²) < 4.78 is 0. The number of aryl methyl sites for hydroxylation is 1. The molecule has 20 heavy (non-hydrogen) atoms. The quantitative estimate of drug-likeness (QED) is 0.899. The van der Waals surface area contributed by atoms with Gasteiger partial charge < -0.3 is 11.1 Å². The van der Waals surface area contributed by atoms with Crippen molar-refractivity contribution in [2.75, 3.05) is 12.8 Å². The molecule has 0 saturated heterocycles. The van der Waals surface area contributed by atoms with Crippen LogP contribution in [0.1, 0.15) is 29.2 Å². The first-order valence-corrected chi connectivity index (χ1v) is 7.24. The van der Waals surface area contributed by atoms with Crippen molar-refractivity contribution < 1.29 is 0 Å². The first kappa shape index (κ1) is 13.1. The molecule has 2 aromatic rings. The highest BCUT2D eigenvalue weighted by atomic mass is 14.9. The Morgan fingerprint density at radius 3 is 2.75 bits per heavy atom. The number of benzene rings is 1. The van der Waals surface area contributed by atoms with Crippen molar-refractivity contribution in [1.82, 2.24) is 10.3 Å². The highest BCUT2D eigenvalue weighted by Crippen LogP contribution is 2.35. The summed E-state index contributed by atoms with van der Waals surface area (Å²) in [6.45, 7) is 0. The summed E-state index contributed by atoms with van der Waals surface area (Å²) in [4.78, 5) is 4.22. The van der Waals surface area contributed by atoms with Gasteiger partial charge in [-0.15, -0.1) is 0 Å². The van der Waals surface area contributed by atoms with Crippen LogP contribution in [0.15, 0.2) is 42.6 Å². The van der Waals surface area contributed by atoms with Crippen LogP contribution in [0.5, 0.6) is 0 Å². The minimum absolute atomic E-state index is 0.275. The fourth-order valence-electron chi connectivity index (χ4n) is 3.35. The topological polar surface area (TPSA) is 50.9 Å². The number of nitrogen functional groups attached to an aromatic ring is 1. The van der Waals surface area contributed by atoms with Crippen molar-refractivity contribution in [3.05, 3.63) is 59.3 Å². The summed E-state index contributed by atoms with van der Waals surface area (Å²) >= 11 is 0. The van der Waals surface area contributed by atoms with Crippen LogP contribution in [0.3, 0.4) is 0 Å². The molecule has 0 bridgehead atoms. The smallest absolute Gasteiger partial charge is 0.128 e. The predicted molar refractivity (Wildman–Crippen MR) is 82.4 cm³/mol. The number of nitrogens with two attached hydrogens (primary N) is 1. The van der Waals surface area contributed by atoms with E-state index in [1.54, 1.807) is 6.20 Å². The number of aromatic nitrogens is 1. The van der Waals surface area contributed by atoms with Crippen LogP contribution in [-0.2, 0) is 12.8 Å². The summed E-state index contributed by atoms with van der Waals surface area (Å²) in [5.74, 6) is 1.21. The fourth-order valence-corrected chi connectivity index (χ4v) is 3.35. The summed E-state index contributed by atoms with van der Waals surface area (Å²) in [5.41, 5.74) is 10.1. The average Bonchev–Trinajstić information content (AvgIpc) is 2.50. The van der Waals surface area contributed by atoms with Crippen LogP contribution in [0, 0.1) is 5.92 Å². The highest BCUT2D eigenvalue weighted by Gasteiger charge is 2.27. The maximum Gasteiger partial charge on any atom is 0.128 e. The van der Waals surface area contributed by atoms with E-state index in [0.29, 0.717) is 11.7 Å².